The Morgan fingerprint density at radius 1 is 0.471 bits per heavy atom. The highest BCUT2D eigenvalue weighted by atomic mass is 16.6. The number of carbonyl (C=O) groups is 15. The number of esters is 2. The maximum atomic E-state index is 14.1. The monoisotopic (exact) mass is 1470 g/mol. The van der Waals surface area contributed by atoms with Crippen LogP contribution in [0.15, 0.2) is 0 Å². The maximum absolute atomic E-state index is 14.1. The van der Waals surface area contributed by atoms with Crippen LogP contribution in [0.4, 0.5) is 9.59 Å². The molecule has 3 unspecified atom stereocenters. The van der Waals surface area contributed by atoms with Crippen LogP contribution >= 0.6 is 0 Å². The Kier molecular flexibility index (Phi) is 41.6. The summed E-state index contributed by atoms with van der Waals surface area (Å²) in [6.07, 6.45) is 10.5. The van der Waals surface area contributed by atoms with E-state index >= 15 is 0 Å². The molecule has 0 spiro atoms. The molecule has 2 saturated heterocycles. The van der Waals surface area contributed by atoms with Gasteiger partial charge in [0, 0.05) is 25.9 Å². The Balaban J connectivity index is 0.000000540. The molecule has 0 aromatic carbocycles. The standard InChI is InChI=1S/C36H62N6O10.C36H60N6O10/c2*1-6-14-24(30(45)34(49)38-22-28(44)51-21-7-2)39-31(46)25-17-11-12-20-37-27(43)19-13-18-26(41-35(50)52-36(3,4)5)32(47)42-29(33(48)40-25)23-15-9-8-10-16-23/h23-26,29-30,45H,6-22H2,1-5H3,(H,37,43)(H,38,49)(H,39,46)(H,40,48)(H,41,50)(H,42,47);23-26,29H,6-22H2,1-5H3,(H,37,43)(H,38,49)(H,39,46)(H,40,48)(H,41,50)(H,42,47)/t24?,25-,26-,29-,30?;24?,25-,26-,29-/m00/s1. The van der Waals surface area contributed by atoms with Gasteiger partial charge >= 0.3 is 24.1 Å². The fourth-order valence-electron chi connectivity index (χ4n) is 12.4. The zero-order valence-electron chi connectivity index (χ0n) is 63.1. The van der Waals surface area contributed by atoms with E-state index in [1.54, 1.807) is 48.5 Å². The number of aliphatic hydroxyl groups is 1. The number of ether oxygens (including phenoxy) is 4. The van der Waals surface area contributed by atoms with Gasteiger partial charge in [-0.2, -0.15) is 0 Å². The molecule has 0 bridgehead atoms. The molecule has 32 nitrogen and oxygen atoms in total. The lowest BCUT2D eigenvalue weighted by atomic mass is 9.83. The summed E-state index contributed by atoms with van der Waals surface area (Å²) in [4.78, 5) is 196. The number of amides is 12. The van der Waals surface area contributed by atoms with Gasteiger partial charge in [0.15, 0.2) is 6.10 Å². The zero-order valence-corrected chi connectivity index (χ0v) is 63.1. The number of carbonyl (C=O) groups excluding carboxylic acids is 15. The lowest BCUT2D eigenvalue weighted by Crippen LogP contribution is -2.60. The molecule has 0 aromatic rings. The van der Waals surface area contributed by atoms with Crippen LogP contribution in [0.25, 0.3) is 0 Å². The van der Waals surface area contributed by atoms with Gasteiger partial charge in [-0.1, -0.05) is 79.1 Å². The van der Waals surface area contributed by atoms with Crippen LogP contribution in [0.5, 0.6) is 0 Å². The number of hydrogen-bond acceptors (Lipinski definition) is 20. The summed E-state index contributed by atoms with van der Waals surface area (Å²) in [7, 11) is 0. The van der Waals surface area contributed by atoms with Crippen molar-refractivity contribution < 1.29 is 96.0 Å². The minimum atomic E-state index is -1.69. The van der Waals surface area contributed by atoms with E-state index in [4.69, 9.17) is 18.9 Å². The first-order valence-corrected chi connectivity index (χ1v) is 37.7. The highest BCUT2D eigenvalue weighted by molar-refractivity contribution is 6.38. The lowest BCUT2D eigenvalue weighted by molar-refractivity contribution is -0.146. The van der Waals surface area contributed by atoms with E-state index in [0.29, 0.717) is 103 Å². The number of alkyl carbamates (subject to hydrolysis) is 2. The molecule has 104 heavy (non-hydrogen) atoms. The van der Waals surface area contributed by atoms with Crippen LogP contribution in [0, 0.1) is 11.8 Å². The van der Waals surface area contributed by atoms with E-state index in [1.165, 1.54) is 0 Å². The van der Waals surface area contributed by atoms with Crippen LogP contribution in [0.3, 0.4) is 0 Å². The Bertz CT molecular complexity index is 2820. The van der Waals surface area contributed by atoms with Crippen LogP contribution in [-0.4, -0.2) is 199 Å². The Hall–Kier alpha value is -8.19. The molecule has 32 heteroatoms. The Morgan fingerprint density at radius 2 is 0.875 bits per heavy atom. The maximum Gasteiger partial charge on any atom is 0.408 e. The van der Waals surface area contributed by atoms with Crippen molar-refractivity contribution in [3.05, 3.63) is 0 Å². The summed E-state index contributed by atoms with van der Waals surface area (Å²) < 4.78 is 20.6. The first-order chi connectivity index (χ1) is 49.3. The van der Waals surface area contributed by atoms with Gasteiger partial charge < -0.3 is 87.9 Å². The van der Waals surface area contributed by atoms with Gasteiger partial charge in [0.1, 0.15) is 60.5 Å². The first-order valence-electron chi connectivity index (χ1n) is 37.7. The number of ketones is 1. The molecule has 12 amide bonds. The second-order valence-electron chi connectivity index (χ2n) is 29.2. The van der Waals surface area contributed by atoms with Gasteiger partial charge in [0.2, 0.25) is 53.0 Å². The van der Waals surface area contributed by atoms with Crippen molar-refractivity contribution in [3.8, 4) is 0 Å². The summed E-state index contributed by atoms with van der Waals surface area (Å²) >= 11 is 0. The average molecular weight is 1480 g/mol. The van der Waals surface area contributed by atoms with Crippen molar-refractivity contribution in [2.24, 2.45) is 11.8 Å². The smallest absolute Gasteiger partial charge is 0.408 e. The molecule has 4 fully saturated rings. The summed E-state index contributed by atoms with van der Waals surface area (Å²) in [5.41, 5.74) is -1.65. The molecule has 590 valence electrons. The number of aliphatic hydroxyl groups excluding tert-OH is 1. The van der Waals surface area contributed by atoms with E-state index in [1.807, 2.05) is 20.8 Å². The summed E-state index contributed by atoms with van der Waals surface area (Å²) in [6.45, 7) is 17.4. The molecular weight excluding hydrogens is 1350 g/mol. The van der Waals surface area contributed by atoms with Crippen molar-refractivity contribution in [2.75, 3.05) is 39.4 Å². The quantitative estimate of drug-likeness (QED) is 0.0374. The number of nitrogens with one attached hydrogen (secondary N) is 12. The fraction of sp³-hybridized carbons (Fsp3) is 0.792. The van der Waals surface area contributed by atoms with Gasteiger partial charge in [-0.3, -0.25) is 62.3 Å². The summed E-state index contributed by atoms with van der Waals surface area (Å²) in [5, 5.41) is 43.0. The van der Waals surface area contributed by atoms with Crippen molar-refractivity contribution in [2.45, 2.75) is 315 Å². The predicted octanol–water partition coefficient (Wildman–Crippen LogP) is 3.44. The average Bonchev–Trinajstić information content (AvgIpc) is 0.844. The van der Waals surface area contributed by atoms with Crippen molar-refractivity contribution in [3.63, 3.8) is 0 Å². The third-order valence-electron chi connectivity index (χ3n) is 17.7. The second kappa shape index (κ2) is 48.0. The van der Waals surface area contributed by atoms with Crippen molar-refractivity contribution in [1.29, 1.82) is 0 Å². The number of rotatable bonds is 24. The van der Waals surface area contributed by atoms with E-state index in [-0.39, 0.29) is 88.2 Å². The van der Waals surface area contributed by atoms with E-state index < -0.39 is 156 Å². The summed E-state index contributed by atoms with van der Waals surface area (Å²) in [5.74, 6) is -8.85. The van der Waals surface area contributed by atoms with Gasteiger partial charge in [-0.25, -0.2) is 9.59 Å². The second-order valence-corrected chi connectivity index (χ2v) is 29.2. The van der Waals surface area contributed by atoms with E-state index in [0.717, 1.165) is 38.5 Å². The van der Waals surface area contributed by atoms with Gasteiger partial charge in [0.05, 0.1) is 25.3 Å². The SMILES string of the molecule is CCCOC(=O)CNC(=O)C(=O)C(CCC)NC(=O)[C@@H]1CCCCNC(=O)CCC[C@H](NC(=O)OC(C)(C)C)C(=O)N[C@@H](C2CCCCC2)C(=O)N1.CCCOC(=O)CNC(=O)C(O)C(CCC)NC(=O)[C@@H]1CCCCNC(=O)CCC[C@H](NC(=O)OC(C)(C)C)C(=O)N[C@@H](C2CCCCC2)C(=O)N1. The zero-order chi connectivity index (χ0) is 77.4. The minimum Gasteiger partial charge on any atom is -0.464 e. The minimum absolute atomic E-state index is 0.109. The van der Waals surface area contributed by atoms with Crippen molar-refractivity contribution in [1.82, 2.24) is 63.8 Å². The molecular formula is C72H122N12O20. The molecule has 9 atom stereocenters. The topological polar surface area (TPSA) is 458 Å². The molecule has 2 aliphatic heterocycles. The molecule has 4 aliphatic rings. The van der Waals surface area contributed by atoms with E-state index in [2.05, 4.69) is 63.8 Å². The highest BCUT2D eigenvalue weighted by Crippen LogP contribution is 2.29. The molecule has 0 radical (unpaired) electrons. The fourth-order valence-corrected chi connectivity index (χ4v) is 12.4. The third kappa shape index (κ3) is 36.0. The molecule has 13 N–H and O–H groups in total. The first kappa shape index (κ1) is 90.0. The molecule has 2 aliphatic carbocycles. The molecule has 2 saturated carbocycles. The summed E-state index contributed by atoms with van der Waals surface area (Å²) in [6, 6.07) is -8.75. The van der Waals surface area contributed by atoms with Crippen LogP contribution in [0.1, 0.15) is 249 Å². The third-order valence-corrected chi connectivity index (χ3v) is 17.7. The normalized spacial score (nSPS) is 22.4. The number of hydrogen-bond donors (Lipinski definition) is 13. The predicted molar refractivity (Wildman–Crippen MR) is 382 cm³/mol. The van der Waals surface area contributed by atoms with Gasteiger partial charge in [-0.05, 0) is 169 Å². The highest BCUT2D eigenvalue weighted by Gasteiger charge is 2.40. The molecule has 0 aromatic heterocycles. The van der Waals surface area contributed by atoms with Gasteiger partial charge in [0.25, 0.3) is 11.8 Å². The Morgan fingerprint density at radius 3 is 1.28 bits per heavy atom. The van der Waals surface area contributed by atoms with E-state index in [9.17, 15) is 77.0 Å². The van der Waals surface area contributed by atoms with Crippen LogP contribution in [0.2, 0.25) is 0 Å². The van der Waals surface area contributed by atoms with Gasteiger partial charge in [-0.15, -0.1) is 0 Å². The lowest BCUT2D eigenvalue weighted by Gasteiger charge is -2.33. The van der Waals surface area contributed by atoms with Crippen LogP contribution in [-0.2, 0) is 81.3 Å². The van der Waals surface area contributed by atoms with Crippen LogP contribution < -0.4 is 63.8 Å². The van der Waals surface area contributed by atoms with Crippen molar-refractivity contribution >= 4 is 89.0 Å². The molecule has 2 heterocycles. The molecule has 4 rings (SSSR count). The largest absolute Gasteiger partial charge is 0.464 e. The number of Topliss-reactive ketones (excluding diaryl/α,β-unsaturated/α-hetero) is 1. The Labute approximate surface area is 612 Å².